The fraction of sp³-hybridized carbons (Fsp3) is 0.487. The van der Waals surface area contributed by atoms with Crippen LogP contribution in [0.25, 0.3) is 84.0 Å². The Bertz CT molecular complexity index is 7130. The van der Waals surface area contributed by atoms with Gasteiger partial charge in [0.1, 0.15) is 22.6 Å². The van der Waals surface area contributed by atoms with Crippen molar-refractivity contribution < 1.29 is 13.2 Å². The van der Waals surface area contributed by atoms with E-state index in [1.807, 2.05) is 154 Å². The van der Waals surface area contributed by atoms with Gasteiger partial charge in [-0.15, -0.1) is 0 Å². The Balaban J connectivity index is 0.000000109. The van der Waals surface area contributed by atoms with Crippen molar-refractivity contribution in [2.75, 3.05) is 125 Å². The number of anilines is 5. The molecule has 34 heteroatoms. The lowest BCUT2D eigenvalue weighted by Crippen LogP contribution is -2.48. The van der Waals surface area contributed by atoms with Crippen molar-refractivity contribution in [3.05, 3.63) is 230 Å². The summed E-state index contributed by atoms with van der Waals surface area (Å²) in [5.41, 5.74) is 19.0. The Hall–Kier alpha value is -10.8. The molecule has 5 aliphatic carbocycles. The van der Waals surface area contributed by atoms with Crippen LogP contribution in [-0.4, -0.2) is 208 Å². The van der Waals surface area contributed by atoms with Gasteiger partial charge in [-0.1, -0.05) is 151 Å². The third kappa shape index (κ3) is 19.6. The zero-order valence-electron chi connectivity index (χ0n) is 87.2. The molecule has 26 nitrogen and oxygen atoms in total. The summed E-state index contributed by atoms with van der Waals surface area (Å²) in [7, 11) is 10.5. The minimum absolute atomic E-state index is 0.367. The van der Waals surface area contributed by atoms with Crippen molar-refractivity contribution in [2.45, 2.75) is 232 Å². The normalized spacial score (nSPS) is 21.2. The van der Waals surface area contributed by atoms with Crippen molar-refractivity contribution in [1.82, 2.24) is 103 Å². The van der Waals surface area contributed by atoms with Gasteiger partial charge in [-0.05, 0) is 273 Å². The minimum atomic E-state index is -4.39. The molecular formula is C115H138Cl5F3N26. The van der Waals surface area contributed by atoms with Crippen LogP contribution in [0.4, 0.5) is 42.9 Å². The lowest BCUT2D eigenvalue weighted by molar-refractivity contribution is -0.137. The zero-order chi connectivity index (χ0) is 103. The van der Waals surface area contributed by atoms with E-state index >= 15 is 0 Å². The number of nitrogens with one attached hydrogen (secondary N) is 5. The summed E-state index contributed by atoms with van der Waals surface area (Å²) in [6, 6.07) is 33.9. The average molecular weight is 2120 g/mol. The largest absolute Gasteiger partial charge is 0.416 e. The van der Waals surface area contributed by atoms with Crippen LogP contribution in [0.2, 0.25) is 25.1 Å². The summed E-state index contributed by atoms with van der Waals surface area (Å²) in [6.45, 7) is 20.2. The van der Waals surface area contributed by atoms with Gasteiger partial charge in [-0.3, -0.25) is 27.0 Å². The van der Waals surface area contributed by atoms with Crippen molar-refractivity contribution in [3.8, 4) is 55.8 Å². The molecule has 11 aromatic heterocycles. The fourth-order valence-electron chi connectivity index (χ4n) is 28.2. The van der Waals surface area contributed by atoms with E-state index in [2.05, 4.69) is 148 Å². The van der Waals surface area contributed by atoms with Gasteiger partial charge in [0.05, 0.1) is 65.4 Å². The summed E-state index contributed by atoms with van der Waals surface area (Å²) in [4.78, 5) is 64.7. The second-order valence-electron chi connectivity index (χ2n) is 43.4. The first-order valence-electron chi connectivity index (χ1n) is 53.8. The van der Waals surface area contributed by atoms with Crippen LogP contribution in [-0.2, 0) is 6.18 Å². The highest BCUT2D eigenvalue weighted by Gasteiger charge is 2.51. The molecule has 5 saturated heterocycles. The maximum absolute atomic E-state index is 13.3. The number of alkyl halides is 3. The molecule has 10 fully saturated rings. The number of hydrogen-bond acceptors (Lipinski definition) is 21. The van der Waals surface area contributed by atoms with Crippen LogP contribution in [0, 0.1) is 61.7 Å². The van der Waals surface area contributed by atoms with Crippen molar-refractivity contribution in [3.63, 3.8) is 0 Å². The number of halogens is 8. The first kappa shape index (κ1) is 104. The molecule has 5 spiro atoms. The predicted molar refractivity (Wildman–Crippen MR) is 597 cm³/mol. The number of aromatic nitrogens is 16. The van der Waals surface area contributed by atoms with Gasteiger partial charge < -0.3 is 51.1 Å². The van der Waals surface area contributed by atoms with Crippen molar-refractivity contribution in [2.24, 2.45) is 27.1 Å². The second-order valence-corrected chi connectivity index (χ2v) is 45.3. The molecule has 16 heterocycles. The molecule has 0 bridgehead atoms. The number of piperidine rings is 5. The molecule has 0 radical (unpaired) electrons. The summed E-state index contributed by atoms with van der Waals surface area (Å²) < 4.78 is 50.2. The fourth-order valence-corrected chi connectivity index (χ4v) is 29.2. The highest BCUT2D eigenvalue weighted by Crippen LogP contribution is 2.54. The Morgan fingerprint density at radius 1 is 0.289 bits per heavy atom. The molecule has 0 amide bonds. The molecule has 5 saturated carbocycles. The number of benzene rings is 4. The van der Waals surface area contributed by atoms with Crippen LogP contribution in [0.3, 0.4) is 0 Å². The standard InChI is InChI=1S/C24H28F3N5.2C23H27Cl2N5.C23H28ClN5.C22H28N6/c1-16-20(17-5-3-6-18(15-17)24(25,26)27)21-29-11-14-32(21)22(30-16)31-12-9-23(10-13-31)8-4-7-19(23)28-2;2*1-15-19(16-5-3-6-17(24)20(16)25)21-27-11-14-30(21)22(28-15)29-12-9-23(10-13-29)8-4-7-18(23)26-2;1-16-20(17-6-3-4-7-18(17)24)21-26-12-15-29(21)22(27-16)28-13-10-23(11-14-28)9-5-8-19(23)25-2;1-16-19(17-6-3-4-11-24-17)20-25-12-15-28(20)21(26-16)27-13-9-22(10-14-27)8-5-7-18(22)23-2/h3,5-6,11,14-15,19,28H,4,7-10,12-13H2,1-2H3;2*3,5-6,11,14,18,26H,4,7-10,12-13H2,1-2H3;3-4,6-7,12,15,19,25H,5,8-11,13-14H2,1-2H3;3-4,6,11-12,15,18,23H,5,7-10,13-14H2,1-2H3/t19-;2*18-;19-;18-/m11111/s1. The van der Waals surface area contributed by atoms with Crippen LogP contribution in [0.15, 0.2) is 171 Å². The number of pyridine rings is 1. The van der Waals surface area contributed by atoms with Gasteiger partial charge >= 0.3 is 6.18 Å². The Morgan fingerprint density at radius 3 is 0.859 bits per heavy atom. The van der Waals surface area contributed by atoms with E-state index in [0.29, 0.717) is 99.8 Å². The van der Waals surface area contributed by atoms with Gasteiger partial charge in [0.15, 0.2) is 5.65 Å². The van der Waals surface area contributed by atoms with Crippen molar-refractivity contribution in [1.29, 1.82) is 0 Å². The number of imidazole rings is 5. The number of rotatable bonds is 15. The minimum Gasteiger partial charge on any atom is -0.342 e. The average Bonchev–Trinajstić information content (AvgIpc) is 1.70. The maximum Gasteiger partial charge on any atom is 0.416 e. The molecule has 784 valence electrons. The third-order valence-electron chi connectivity index (χ3n) is 36.0. The lowest BCUT2D eigenvalue weighted by Gasteiger charge is -2.43. The predicted octanol–water partition coefficient (Wildman–Crippen LogP) is 24.0. The highest BCUT2D eigenvalue weighted by atomic mass is 35.5. The van der Waals surface area contributed by atoms with Gasteiger partial charge in [0.2, 0.25) is 29.7 Å². The van der Waals surface area contributed by atoms with Crippen LogP contribution < -0.4 is 51.1 Å². The molecule has 25 rings (SSSR count). The van der Waals surface area contributed by atoms with E-state index < -0.39 is 11.7 Å². The quantitative estimate of drug-likeness (QED) is 0.0641. The first-order chi connectivity index (χ1) is 72.2. The monoisotopic (exact) mass is 2110 g/mol. The highest BCUT2D eigenvalue weighted by molar-refractivity contribution is 6.44. The number of fused-ring (bicyclic) bond motifs is 5. The van der Waals surface area contributed by atoms with E-state index in [4.69, 9.17) is 82.9 Å². The van der Waals surface area contributed by atoms with E-state index in [9.17, 15) is 13.2 Å². The molecule has 10 aliphatic rings. The maximum atomic E-state index is 13.3. The van der Waals surface area contributed by atoms with Crippen molar-refractivity contribution >= 4 is 116 Å². The van der Waals surface area contributed by atoms with Gasteiger partial charge in [-0.2, -0.15) is 13.2 Å². The first-order valence-corrected chi connectivity index (χ1v) is 55.7. The van der Waals surface area contributed by atoms with E-state index in [1.54, 1.807) is 24.4 Å². The topological polar surface area (TPSA) is 240 Å². The third-order valence-corrected chi connectivity index (χ3v) is 38.0. The Morgan fingerprint density at radius 2 is 0.557 bits per heavy atom. The molecule has 149 heavy (non-hydrogen) atoms. The van der Waals surface area contributed by atoms with Crippen LogP contribution in [0.1, 0.15) is 195 Å². The molecule has 5 atom stereocenters. The molecule has 0 unspecified atom stereocenters. The summed E-state index contributed by atoms with van der Waals surface area (Å²) in [5.74, 6) is 4.77. The van der Waals surface area contributed by atoms with Crippen LogP contribution >= 0.6 is 58.0 Å². The molecule has 5 N–H and O–H groups in total. The molecule has 5 aliphatic heterocycles. The molecule has 4 aromatic carbocycles. The molecule has 15 aromatic rings. The summed E-state index contributed by atoms with van der Waals surface area (Å²) in [5, 5.41) is 20.7. The SMILES string of the molecule is CN[C@@H]1CCCC12CCN(c1nc(C)c(-c3cccc(C(F)(F)F)c3)c3nccn13)CC2.CN[C@@H]1CCCC12CCN(c1nc(C)c(-c3cccc(Cl)c3Cl)c3nccn13)CC2.CN[C@@H]1CCCC12CCN(c1nc(C)c(-c3cccc(Cl)c3Cl)c3nccn13)CC2.CN[C@@H]1CCCC12CCN(c1nc(C)c(-c3ccccc3Cl)c3nccn13)CC2.CN[C@@H]1CCCC12CCN(c1nc(C)c(-c3ccccn3)c3nccn13)CC2. The van der Waals surface area contributed by atoms with Gasteiger partial charge in [0, 0.05) is 208 Å². The van der Waals surface area contributed by atoms with E-state index in [-0.39, 0.29) is 0 Å². The van der Waals surface area contributed by atoms with Crippen LogP contribution in [0.5, 0.6) is 0 Å². The number of hydrogen-bond donors (Lipinski definition) is 5. The number of nitrogens with zero attached hydrogens (tertiary/aromatic N) is 21. The number of aryl methyl sites for hydroxylation is 5. The second kappa shape index (κ2) is 43.4. The lowest BCUT2D eigenvalue weighted by atomic mass is 9.74. The Labute approximate surface area is 896 Å². The molecular weight excluding hydrogens is 1980 g/mol. The van der Waals surface area contributed by atoms with Gasteiger partial charge in [0.25, 0.3) is 0 Å². The van der Waals surface area contributed by atoms with E-state index in [1.165, 1.54) is 160 Å². The summed E-state index contributed by atoms with van der Waals surface area (Å²) in [6.07, 6.45) is 48.2. The smallest absolute Gasteiger partial charge is 0.342 e. The van der Waals surface area contributed by atoms with Gasteiger partial charge in [-0.25, -0.2) is 49.8 Å². The zero-order valence-corrected chi connectivity index (χ0v) is 91.0. The summed E-state index contributed by atoms with van der Waals surface area (Å²) >= 11 is 32.1. The Kier molecular flexibility index (Phi) is 30.2. The van der Waals surface area contributed by atoms with E-state index in [0.717, 1.165) is 209 Å².